The van der Waals surface area contributed by atoms with Crippen LogP contribution in [0.25, 0.3) is 11.2 Å². The van der Waals surface area contributed by atoms with E-state index in [1.165, 1.54) is 31.6 Å². The zero-order chi connectivity index (χ0) is 30.9. The SMILES string of the molecule is COc1nc(N)nc2c1ncn2C1OC(COP(C)(=O)NC(Cc2ccccc2S)C(=O)OC2CCCC2)C(O)C1(C)O. The number of esters is 1. The number of hydrogen-bond donors (Lipinski definition) is 5. The number of anilines is 1. The summed E-state index contributed by atoms with van der Waals surface area (Å²) in [7, 11) is -2.27. The summed E-state index contributed by atoms with van der Waals surface area (Å²) in [6.45, 7) is 2.36. The van der Waals surface area contributed by atoms with Gasteiger partial charge in [-0.1, -0.05) is 18.2 Å². The Kier molecular flexibility index (Phi) is 9.33. The highest BCUT2D eigenvalue weighted by Gasteiger charge is 2.54. The number of nitrogens with two attached hydrogens (primary N) is 1. The molecule has 0 bridgehead atoms. The van der Waals surface area contributed by atoms with Gasteiger partial charge in [-0.3, -0.25) is 13.9 Å². The fourth-order valence-corrected chi connectivity index (χ4v) is 6.99. The quantitative estimate of drug-likeness (QED) is 0.117. The van der Waals surface area contributed by atoms with Crippen LogP contribution in [0.15, 0.2) is 35.5 Å². The average Bonchev–Trinajstić information content (AvgIpc) is 3.67. The van der Waals surface area contributed by atoms with Gasteiger partial charge in [-0.05, 0) is 50.7 Å². The standard InChI is InChI=1S/C27H37N6O8PS/c1-27(36)21(34)18(41-25(27)33-14-29-20-22(33)30-26(28)31-23(20)38-2)13-39-42(3,37)32-17(12-15-8-4-7-11-19(15)43)24(35)40-16-9-5-6-10-16/h4,7-8,11,14,16-18,21,25,34,36,43H,5-6,9-10,12-13H2,1-3H3,(H,32,37)(H2,28,30,31). The molecule has 5 N–H and O–H groups in total. The maximum Gasteiger partial charge on any atom is 0.324 e. The summed E-state index contributed by atoms with van der Waals surface area (Å²) in [6.07, 6.45) is 1.20. The minimum atomic E-state index is -3.68. The second-order valence-electron chi connectivity index (χ2n) is 11.1. The van der Waals surface area contributed by atoms with Crippen LogP contribution in [0.1, 0.15) is 44.4 Å². The molecule has 0 spiro atoms. The number of imidazole rings is 1. The van der Waals surface area contributed by atoms with E-state index in [-0.39, 0.29) is 42.1 Å². The zero-order valence-corrected chi connectivity index (χ0v) is 25.9. The number of aliphatic hydroxyl groups is 2. The molecule has 2 aliphatic rings. The van der Waals surface area contributed by atoms with Crippen LogP contribution in [0, 0.1) is 0 Å². The first-order valence-electron chi connectivity index (χ1n) is 14.0. The molecule has 6 atom stereocenters. The van der Waals surface area contributed by atoms with Crippen molar-refractivity contribution in [1.29, 1.82) is 0 Å². The van der Waals surface area contributed by atoms with E-state index in [0.717, 1.165) is 31.2 Å². The van der Waals surface area contributed by atoms with Gasteiger partial charge in [-0.2, -0.15) is 9.97 Å². The molecular weight excluding hydrogens is 599 g/mol. The second kappa shape index (κ2) is 12.7. The summed E-state index contributed by atoms with van der Waals surface area (Å²) in [5.74, 6) is -0.472. The van der Waals surface area contributed by atoms with Crippen molar-refractivity contribution in [2.75, 3.05) is 26.1 Å². The van der Waals surface area contributed by atoms with Crippen molar-refractivity contribution < 1.29 is 38.3 Å². The number of nitrogens with one attached hydrogen (secondary N) is 1. The van der Waals surface area contributed by atoms with E-state index in [1.807, 2.05) is 18.2 Å². The van der Waals surface area contributed by atoms with Crippen LogP contribution in [0.5, 0.6) is 5.88 Å². The number of aromatic nitrogens is 4. The minimum absolute atomic E-state index is 0.0799. The average molecular weight is 637 g/mol. The van der Waals surface area contributed by atoms with Gasteiger partial charge in [0.2, 0.25) is 11.8 Å². The predicted octanol–water partition coefficient (Wildman–Crippen LogP) is 2.24. The molecule has 5 rings (SSSR count). The van der Waals surface area contributed by atoms with Gasteiger partial charge in [0.25, 0.3) is 7.52 Å². The number of carbonyl (C=O) groups is 1. The summed E-state index contributed by atoms with van der Waals surface area (Å²) < 4.78 is 37.8. The molecule has 2 fully saturated rings. The van der Waals surface area contributed by atoms with Crippen LogP contribution in [0.3, 0.4) is 0 Å². The lowest BCUT2D eigenvalue weighted by Crippen LogP contribution is -2.44. The topological polar surface area (TPSA) is 193 Å². The van der Waals surface area contributed by atoms with Gasteiger partial charge in [0.1, 0.15) is 30.0 Å². The number of rotatable bonds is 11. The third-order valence-electron chi connectivity index (χ3n) is 7.77. The molecule has 0 radical (unpaired) electrons. The van der Waals surface area contributed by atoms with Gasteiger partial charge in [0, 0.05) is 11.6 Å². The number of carbonyl (C=O) groups excluding carboxylic acids is 1. The van der Waals surface area contributed by atoms with E-state index in [4.69, 9.17) is 24.5 Å². The third kappa shape index (κ3) is 6.83. The maximum absolute atomic E-state index is 13.6. The lowest BCUT2D eigenvalue weighted by Gasteiger charge is -2.27. The molecule has 43 heavy (non-hydrogen) atoms. The van der Waals surface area contributed by atoms with Crippen LogP contribution in [0.2, 0.25) is 0 Å². The van der Waals surface area contributed by atoms with E-state index >= 15 is 0 Å². The largest absolute Gasteiger partial charge is 0.479 e. The summed E-state index contributed by atoms with van der Waals surface area (Å²) >= 11 is 4.49. The fraction of sp³-hybridized carbons (Fsp3) is 0.556. The van der Waals surface area contributed by atoms with E-state index in [0.29, 0.717) is 4.90 Å². The molecular formula is C27H37N6O8PS. The highest BCUT2D eigenvalue weighted by atomic mass is 32.1. The Labute approximate surface area is 254 Å². The molecule has 1 aliphatic carbocycles. The third-order valence-corrected chi connectivity index (χ3v) is 9.63. The molecule has 234 valence electrons. The van der Waals surface area contributed by atoms with Crippen LogP contribution in [-0.2, 0) is 29.8 Å². The number of nitrogen functional groups attached to an aromatic ring is 1. The van der Waals surface area contributed by atoms with Crippen molar-refractivity contribution in [3.63, 3.8) is 0 Å². The molecule has 3 heterocycles. The van der Waals surface area contributed by atoms with Crippen LogP contribution in [0.4, 0.5) is 5.95 Å². The van der Waals surface area contributed by atoms with Gasteiger partial charge >= 0.3 is 5.97 Å². The van der Waals surface area contributed by atoms with Crippen LogP contribution in [-0.4, -0.2) is 86.0 Å². The summed E-state index contributed by atoms with van der Waals surface area (Å²) in [5.41, 5.74) is 5.26. The normalized spacial score (nSPS) is 26.4. The fourth-order valence-electron chi connectivity index (χ4n) is 5.47. The molecule has 16 heteroatoms. The highest BCUT2D eigenvalue weighted by molar-refractivity contribution is 7.80. The number of methoxy groups -OCH3 is 1. The molecule has 6 unspecified atom stereocenters. The van der Waals surface area contributed by atoms with Crippen molar-refractivity contribution in [3.8, 4) is 5.88 Å². The Bertz CT molecular complexity index is 1520. The Morgan fingerprint density at radius 1 is 1.33 bits per heavy atom. The molecule has 0 amide bonds. The van der Waals surface area contributed by atoms with Gasteiger partial charge in [0.15, 0.2) is 17.4 Å². The number of hydrogen-bond acceptors (Lipinski definition) is 13. The Balaban J connectivity index is 1.30. The molecule has 1 saturated heterocycles. The molecule has 1 aromatic carbocycles. The van der Waals surface area contributed by atoms with Crippen molar-refractivity contribution >= 4 is 43.2 Å². The number of ether oxygens (including phenoxy) is 3. The predicted molar refractivity (Wildman–Crippen MR) is 159 cm³/mol. The molecule has 14 nitrogen and oxygen atoms in total. The van der Waals surface area contributed by atoms with Crippen molar-refractivity contribution in [1.82, 2.24) is 24.6 Å². The first-order chi connectivity index (χ1) is 20.4. The van der Waals surface area contributed by atoms with Crippen molar-refractivity contribution in [3.05, 3.63) is 36.2 Å². The molecule has 2 aromatic heterocycles. The van der Waals surface area contributed by atoms with E-state index < -0.39 is 43.6 Å². The molecule has 3 aromatic rings. The summed E-state index contributed by atoms with van der Waals surface area (Å²) in [6, 6.07) is 6.32. The second-order valence-corrected chi connectivity index (χ2v) is 13.8. The Hall–Kier alpha value is -2.78. The summed E-state index contributed by atoms with van der Waals surface area (Å²) in [5, 5.41) is 25.1. The Morgan fingerprint density at radius 3 is 2.74 bits per heavy atom. The number of nitrogens with zero attached hydrogens (tertiary/aromatic N) is 4. The van der Waals surface area contributed by atoms with Crippen molar-refractivity contribution in [2.24, 2.45) is 0 Å². The van der Waals surface area contributed by atoms with Crippen LogP contribution < -0.4 is 15.6 Å². The van der Waals surface area contributed by atoms with Gasteiger partial charge in [-0.25, -0.2) is 10.1 Å². The van der Waals surface area contributed by atoms with Gasteiger partial charge < -0.3 is 34.7 Å². The first kappa shape index (κ1) is 31.6. The van der Waals surface area contributed by atoms with Gasteiger partial charge in [-0.15, -0.1) is 12.6 Å². The molecule has 1 aliphatic heterocycles. The number of aliphatic hydroxyl groups excluding tert-OH is 1. The monoisotopic (exact) mass is 636 g/mol. The van der Waals surface area contributed by atoms with E-state index in [1.54, 1.807) is 6.07 Å². The van der Waals surface area contributed by atoms with E-state index in [2.05, 4.69) is 32.7 Å². The highest BCUT2D eigenvalue weighted by Crippen LogP contribution is 2.44. The van der Waals surface area contributed by atoms with E-state index in [9.17, 15) is 19.6 Å². The van der Waals surface area contributed by atoms with Crippen LogP contribution >= 0.6 is 20.1 Å². The number of thiol groups is 1. The lowest BCUT2D eigenvalue weighted by atomic mass is 9.96. The zero-order valence-electron chi connectivity index (χ0n) is 24.1. The lowest BCUT2D eigenvalue weighted by molar-refractivity contribution is -0.150. The summed E-state index contributed by atoms with van der Waals surface area (Å²) in [4.78, 5) is 26.3. The van der Waals surface area contributed by atoms with Gasteiger partial charge in [0.05, 0.1) is 20.0 Å². The minimum Gasteiger partial charge on any atom is -0.479 e. The Morgan fingerprint density at radius 2 is 2.05 bits per heavy atom. The number of fused-ring (bicyclic) bond motifs is 1. The number of benzene rings is 1. The maximum atomic E-state index is 13.6. The smallest absolute Gasteiger partial charge is 0.324 e. The molecule has 1 saturated carbocycles. The first-order valence-corrected chi connectivity index (χ1v) is 16.5. The van der Waals surface area contributed by atoms with Crippen molar-refractivity contribution in [2.45, 2.75) is 80.1 Å².